The maximum Gasteiger partial charge on any atom is 0.259 e. The summed E-state index contributed by atoms with van der Waals surface area (Å²) in [7, 11) is 1.52. The number of hydrogen-bond acceptors (Lipinski definition) is 8. The molecule has 3 aliphatic rings. The van der Waals surface area contributed by atoms with Crippen molar-refractivity contribution in [2.24, 2.45) is 0 Å². The van der Waals surface area contributed by atoms with Crippen molar-refractivity contribution in [2.45, 2.75) is 69.7 Å². The van der Waals surface area contributed by atoms with Crippen molar-refractivity contribution in [3.05, 3.63) is 77.0 Å². The number of pyridine rings is 1. The van der Waals surface area contributed by atoms with Gasteiger partial charge in [0.25, 0.3) is 5.91 Å². The summed E-state index contributed by atoms with van der Waals surface area (Å²) in [6.07, 6.45) is 5.34. The number of aliphatic hydroxyl groups excluding tert-OH is 1. The standard InChI is InChI=1S/C36H47N5O4/c1-36(2)22-30(41-17-15-40(16-18-41)19-20-42)27-12-11-26(21-28(27)36)25-9-7-24(8-10-25)23-45-31-6-4-5-29(31)39-35(43)33-32(44-3)13-14-38-34(33)37/h7-14,21,29-31,42H,4-6,15-20,22-23H2,1-3H3,(H2,37,38)(H,39,43)/t29-,30?,31-/m0/s1. The lowest BCUT2D eigenvalue weighted by molar-refractivity contribution is 0.0272. The minimum absolute atomic E-state index is 0.0675. The monoisotopic (exact) mass is 613 g/mol. The molecule has 1 aliphatic heterocycles. The number of amides is 1. The average Bonchev–Trinajstić information content (AvgIpc) is 3.60. The van der Waals surface area contributed by atoms with Gasteiger partial charge in [-0.05, 0) is 65.0 Å². The molecule has 6 rings (SSSR count). The molecule has 2 fully saturated rings. The second-order valence-electron chi connectivity index (χ2n) is 13.3. The van der Waals surface area contributed by atoms with E-state index in [4.69, 9.17) is 15.2 Å². The molecule has 0 bridgehead atoms. The molecular formula is C36H47N5O4. The van der Waals surface area contributed by atoms with E-state index in [-0.39, 0.29) is 41.5 Å². The van der Waals surface area contributed by atoms with Crippen molar-refractivity contribution < 1.29 is 19.4 Å². The zero-order valence-corrected chi connectivity index (χ0v) is 26.8. The summed E-state index contributed by atoms with van der Waals surface area (Å²) in [6, 6.07) is 17.7. The zero-order valence-electron chi connectivity index (χ0n) is 26.8. The number of aromatic nitrogens is 1. The van der Waals surface area contributed by atoms with Crippen LogP contribution in [0.2, 0.25) is 0 Å². The number of piperazine rings is 1. The Kier molecular flexibility index (Phi) is 9.42. The third-order valence-electron chi connectivity index (χ3n) is 10.0. The molecule has 45 heavy (non-hydrogen) atoms. The van der Waals surface area contributed by atoms with E-state index in [1.54, 1.807) is 6.07 Å². The molecule has 2 heterocycles. The van der Waals surface area contributed by atoms with Crippen LogP contribution in [0.5, 0.6) is 5.75 Å². The van der Waals surface area contributed by atoms with E-state index in [1.807, 2.05) is 0 Å². The number of nitrogens with zero attached hydrogens (tertiary/aromatic N) is 3. The normalized spacial score (nSPS) is 23.2. The first-order valence-corrected chi connectivity index (χ1v) is 16.3. The first kappa shape index (κ1) is 31.5. The lowest BCUT2D eigenvalue weighted by atomic mass is 9.85. The summed E-state index contributed by atoms with van der Waals surface area (Å²) < 4.78 is 11.7. The molecule has 2 aromatic carbocycles. The predicted octanol–water partition coefficient (Wildman–Crippen LogP) is 4.54. The molecule has 9 nitrogen and oxygen atoms in total. The Labute approximate surface area is 266 Å². The van der Waals surface area contributed by atoms with Crippen LogP contribution in [0.15, 0.2) is 54.7 Å². The van der Waals surface area contributed by atoms with Gasteiger partial charge in [0.1, 0.15) is 17.1 Å². The van der Waals surface area contributed by atoms with Crippen molar-refractivity contribution in [2.75, 3.05) is 52.2 Å². The summed E-state index contributed by atoms with van der Waals surface area (Å²) in [4.78, 5) is 22.1. The SMILES string of the molecule is COc1ccnc(N)c1C(=O)N[C@H]1CCC[C@@H]1OCc1ccc(-c2ccc3c(c2)C(C)(C)CC3N2CCN(CCO)CC2)cc1. The van der Waals surface area contributed by atoms with Crippen LogP contribution in [0.1, 0.15) is 72.6 Å². The Morgan fingerprint density at radius 1 is 1.07 bits per heavy atom. The molecule has 4 N–H and O–H groups in total. The lowest BCUT2D eigenvalue weighted by Crippen LogP contribution is -2.48. The Balaban J connectivity index is 1.08. The maximum atomic E-state index is 13.1. The van der Waals surface area contributed by atoms with E-state index in [0.717, 1.165) is 64.0 Å². The zero-order chi connectivity index (χ0) is 31.6. The number of hydrogen-bond donors (Lipinski definition) is 3. The van der Waals surface area contributed by atoms with E-state index < -0.39 is 0 Å². The number of nitrogens with two attached hydrogens (primary N) is 1. The summed E-state index contributed by atoms with van der Waals surface area (Å²) in [5.41, 5.74) is 12.8. The summed E-state index contributed by atoms with van der Waals surface area (Å²) in [5.74, 6) is 0.282. The Morgan fingerprint density at radius 2 is 1.82 bits per heavy atom. The molecule has 1 amide bonds. The number of nitrogens with one attached hydrogen (secondary N) is 1. The average molecular weight is 614 g/mol. The molecule has 3 aromatic rings. The summed E-state index contributed by atoms with van der Waals surface area (Å²) >= 11 is 0. The smallest absolute Gasteiger partial charge is 0.259 e. The molecule has 1 aromatic heterocycles. The van der Waals surface area contributed by atoms with Gasteiger partial charge in [0.15, 0.2) is 0 Å². The number of carbonyl (C=O) groups excluding carboxylic acids is 1. The van der Waals surface area contributed by atoms with E-state index >= 15 is 0 Å². The fraction of sp³-hybridized carbons (Fsp3) is 0.500. The van der Waals surface area contributed by atoms with Gasteiger partial charge in [-0.25, -0.2) is 4.98 Å². The molecule has 0 spiro atoms. The predicted molar refractivity (Wildman–Crippen MR) is 176 cm³/mol. The Morgan fingerprint density at radius 3 is 2.56 bits per heavy atom. The minimum atomic E-state index is -0.285. The number of aliphatic hydroxyl groups is 1. The molecule has 9 heteroatoms. The van der Waals surface area contributed by atoms with Crippen LogP contribution in [0, 0.1) is 0 Å². The van der Waals surface area contributed by atoms with Gasteiger partial charge in [0.2, 0.25) is 0 Å². The highest BCUT2D eigenvalue weighted by molar-refractivity contribution is 6.01. The fourth-order valence-electron chi connectivity index (χ4n) is 7.47. The maximum absolute atomic E-state index is 13.1. The number of fused-ring (bicyclic) bond motifs is 1. The van der Waals surface area contributed by atoms with E-state index in [1.165, 1.54) is 35.6 Å². The van der Waals surface area contributed by atoms with Crippen molar-refractivity contribution in [3.63, 3.8) is 0 Å². The van der Waals surface area contributed by atoms with Crippen LogP contribution in [-0.2, 0) is 16.8 Å². The molecule has 3 atom stereocenters. The third kappa shape index (κ3) is 6.72. The molecule has 1 saturated carbocycles. The molecule has 240 valence electrons. The van der Waals surface area contributed by atoms with Crippen LogP contribution in [-0.4, -0.2) is 84.4 Å². The number of β-amino-alcohol motifs (C(OH)–C–C–N with tert-alkyl or cyclic N) is 1. The van der Waals surface area contributed by atoms with E-state index in [0.29, 0.717) is 18.4 Å². The van der Waals surface area contributed by atoms with Crippen molar-refractivity contribution in [1.29, 1.82) is 0 Å². The van der Waals surface area contributed by atoms with Gasteiger partial charge in [-0.15, -0.1) is 0 Å². The second-order valence-corrected chi connectivity index (χ2v) is 13.3. The van der Waals surface area contributed by atoms with Gasteiger partial charge in [0.05, 0.1) is 32.5 Å². The first-order valence-electron chi connectivity index (χ1n) is 16.3. The van der Waals surface area contributed by atoms with E-state index in [2.05, 4.69) is 76.4 Å². The summed E-state index contributed by atoms with van der Waals surface area (Å²) in [6.45, 7) is 10.4. The number of methoxy groups -OCH3 is 1. The highest BCUT2D eigenvalue weighted by atomic mass is 16.5. The molecule has 2 aliphatic carbocycles. The van der Waals surface area contributed by atoms with Gasteiger partial charge >= 0.3 is 0 Å². The quantitative estimate of drug-likeness (QED) is 0.306. The number of ether oxygens (including phenoxy) is 2. The lowest BCUT2D eigenvalue weighted by Gasteiger charge is -2.38. The highest BCUT2D eigenvalue weighted by Crippen LogP contribution is 2.48. The molecule has 1 unspecified atom stereocenters. The largest absolute Gasteiger partial charge is 0.496 e. The molecular weight excluding hydrogens is 566 g/mol. The molecule has 1 saturated heterocycles. The Bertz CT molecular complexity index is 1490. The van der Waals surface area contributed by atoms with E-state index in [9.17, 15) is 9.90 Å². The van der Waals surface area contributed by atoms with Gasteiger partial charge in [-0.1, -0.05) is 56.3 Å². The minimum Gasteiger partial charge on any atom is -0.496 e. The van der Waals surface area contributed by atoms with Crippen LogP contribution in [0.3, 0.4) is 0 Å². The van der Waals surface area contributed by atoms with Gasteiger partial charge in [-0.2, -0.15) is 0 Å². The van der Waals surface area contributed by atoms with Crippen molar-refractivity contribution in [3.8, 4) is 16.9 Å². The second kappa shape index (κ2) is 13.5. The number of benzene rings is 2. The highest BCUT2D eigenvalue weighted by Gasteiger charge is 2.40. The van der Waals surface area contributed by atoms with Gasteiger partial charge in [0, 0.05) is 45.0 Å². The third-order valence-corrected chi connectivity index (χ3v) is 10.0. The number of carbonyl (C=O) groups is 1. The summed E-state index contributed by atoms with van der Waals surface area (Å²) in [5, 5.41) is 12.4. The van der Waals surface area contributed by atoms with Crippen LogP contribution in [0.25, 0.3) is 11.1 Å². The van der Waals surface area contributed by atoms with Crippen LogP contribution < -0.4 is 15.8 Å². The topological polar surface area (TPSA) is 113 Å². The number of anilines is 1. The number of nitrogen functional groups attached to an aromatic ring is 1. The fourth-order valence-corrected chi connectivity index (χ4v) is 7.47. The first-order chi connectivity index (χ1) is 21.8. The van der Waals surface area contributed by atoms with Gasteiger partial charge < -0.3 is 25.6 Å². The van der Waals surface area contributed by atoms with Crippen molar-refractivity contribution >= 4 is 11.7 Å². The Hall–Kier alpha value is -3.50. The number of rotatable bonds is 10. The van der Waals surface area contributed by atoms with Crippen LogP contribution >= 0.6 is 0 Å². The van der Waals surface area contributed by atoms with Crippen LogP contribution in [0.4, 0.5) is 5.82 Å². The molecule has 0 radical (unpaired) electrons. The van der Waals surface area contributed by atoms with Crippen molar-refractivity contribution in [1.82, 2.24) is 20.1 Å². The van der Waals surface area contributed by atoms with Gasteiger partial charge in [-0.3, -0.25) is 14.6 Å².